The fourth-order valence-electron chi connectivity index (χ4n) is 1.24. The van der Waals surface area contributed by atoms with Gasteiger partial charge in [0.1, 0.15) is 12.1 Å². The molecule has 0 fully saturated rings. The van der Waals surface area contributed by atoms with Crippen molar-refractivity contribution in [2.24, 2.45) is 0 Å². The van der Waals surface area contributed by atoms with Gasteiger partial charge in [0, 0.05) is 23.1 Å². The Labute approximate surface area is 100 Å². The van der Waals surface area contributed by atoms with Gasteiger partial charge in [-0.05, 0) is 31.2 Å². The third-order valence-corrected chi connectivity index (χ3v) is 1.99. The van der Waals surface area contributed by atoms with Crippen LogP contribution in [0.1, 0.15) is 5.69 Å². The molecule has 1 aromatic carbocycles. The Balaban J connectivity index is 0.00000128. The van der Waals surface area contributed by atoms with E-state index in [9.17, 15) is 0 Å². The Kier molecular flexibility index (Phi) is 4.08. The molecule has 2 aromatic rings. The maximum Gasteiger partial charge on any atom is 0.133 e. The number of nitrogen functional groups attached to an aromatic ring is 1. The fraction of sp³-hybridized carbons (Fsp3) is 0.0909. The summed E-state index contributed by atoms with van der Waals surface area (Å²) in [5.41, 5.74) is 8.23. The molecule has 0 saturated carbocycles. The topological polar surface area (TPSA) is 63.8 Å². The Morgan fingerprint density at radius 2 is 1.81 bits per heavy atom. The van der Waals surface area contributed by atoms with Gasteiger partial charge in [-0.15, -0.1) is 12.4 Å². The summed E-state index contributed by atoms with van der Waals surface area (Å²) in [5.74, 6) is 0.785. The molecule has 2 rings (SSSR count). The van der Waals surface area contributed by atoms with Crippen molar-refractivity contribution in [3.63, 3.8) is 0 Å². The average Bonchev–Trinajstić information content (AvgIpc) is 2.22. The molecule has 4 nitrogen and oxygen atoms in total. The highest BCUT2D eigenvalue weighted by molar-refractivity contribution is 5.85. The van der Waals surface area contributed by atoms with Crippen LogP contribution in [0.3, 0.4) is 0 Å². The predicted octanol–water partition coefficient (Wildman–Crippen LogP) is 2.53. The summed E-state index contributed by atoms with van der Waals surface area (Å²) in [6.45, 7) is 1.93. The number of halogens is 1. The lowest BCUT2D eigenvalue weighted by Crippen LogP contribution is -1.95. The van der Waals surface area contributed by atoms with E-state index < -0.39 is 0 Å². The summed E-state index contributed by atoms with van der Waals surface area (Å²) in [5, 5.41) is 3.17. The molecule has 0 aliphatic carbocycles. The first-order valence-electron chi connectivity index (χ1n) is 4.65. The molecule has 0 amide bonds. The van der Waals surface area contributed by atoms with Crippen molar-refractivity contribution in [1.82, 2.24) is 9.97 Å². The summed E-state index contributed by atoms with van der Waals surface area (Å²) in [7, 11) is 0. The molecule has 84 valence electrons. The van der Waals surface area contributed by atoms with E-state index in [0.29, 0.717) is 0 Å². The maximum atomic E-state index is 5.59. The lowest BCUT2D eigenvalue weighted by Gasteiger charge is -2.05. The van der Waals surface area contributed by atoms with Gasteiger partial charge in [0.15, 0.2) is 0 Å². The average molecular weight is 237 g/mol. The number of benzene rings is 1. The summed E-state index contributed by atoms with van der Waals surface area (Å²) in [4.78, 5) is 8.13. The number of nitrogens with one attached hydrogen (secondary N) is 1. The highest BCUT2D eigenvalue weighted by atomic mass is 35.5. The minimum atomic E-state index is 0. The molecule has 0 aliphatic heterocycles. The summed E-state index contributed by atoms with van der Waals surface area (Å²) >= 11 is 0. The number of hydrogen-bond acceptors (Lipinski definition) is 4. The molecule has 16 heavy (non-hydrogen) atoms. The van der Waals surface area contributed by atoms with Crippen LogP contribution in [0, 0.1) is 6.92 Å². The first kappa shape index (κ1) is 12.3. The molecule has 1 aromatic heterocycles. The van der Waals surface area contributed by atoms with Gasteiger partial charge in [-0.25, -0.2) is 9.97 Å². The van der Waals surface area contributed by atoms with Crippen LogP contribution in [0.25, 0.3) is 0 Å². The first-order chi connectivity index (χ1) is 7.24. The number of anilines is 3. The van der Waals surface area contributed by atoms with Gasteiger partial charge in [0.05, 0.1) is 0 Å². The van der Waals surface area contributed by atoms with Crippen LogP contribution in [-0.4, -0.2) is 9.97 Å². The third kappa shape index (κ3) is 3.10. The zero-order valence-electron chi connectivity index (χ0n) is 8.84. The second-order valence-electron chi connectivity index (χ2n) is 3.29. The highest BCUT2D eigenvalue weighted by Crippen LogP contribution is 2.15. The molecule has 0 saturated heterocycles. The Bertz CT molecular complexity index is 456. The minimum absolute atomic E-state index is 0. The third-order valence-electron chi connectivity index (χ3n) is 1.99. The number of aromatic nitrogens is 2. The zero-order chi connectivity index (χ0) is 10.7. The maximum absolute atomic E-state index is 5.59. The SMILES string of the molecule is Cc1cc(Nc2ccc(N)cc2)ncn1.Cl. The van der Waals surface area contributed by atoms with Crippen molar-refractivity contribution >= 4 is 29.6 Å². The number of hydrogen-bond donors (Lipinski definition) is 2. The van der Waals surface area contributed by atoms with Crippen LogP contribution < -0.4 is 11.1 Å². The molecule has 0 atom stereocenters. The van der Waals surface area contributed by atoms with Gasteiger partial charge in [0.2, 0.25) is 0 Å². The van der Waals surface area contributed by atoms with E-state index >= 15 is 0 Å². The molecule has 0 spiro atoms. The number of aryl methyl sites for hydroxylation is 1. The van der Waals surface area contributed by atoms with E-state index in [1.807, 2.05) is 37.3 Å². The van der Waals surface area contributed by atoms with Gasteiger partial charge < -0.3 is 11.1 Å². The van der Waals surface area contributed by atoms with Gasteiger partial charge in [0.25, 0.3) is 0 Å². The largest absolute Gasteiger partial charge is 0.399 e. The highest BCUT2D eigenvalue weighted by Gasteiger charge is 1.96. The van der Waals surface area contributed by atoms with Crippen LogP contribution >= 0.6 is 12.4 Å². The molecule has 0 unspecified atom stereocenters. The Morgan fingerprint density at radius 1 is 1.12 bits per heavy atom. The normalized spacial score (nSPS) is 9.31. The second-order valence-corrected chi connectivity index (χ2v) is 3.29. The fourth-order valence-corrected chi connectivity index (χ4v) is 1.24. The molecular formula is C11H13ClN4. The van der Waals surface area contributed by atoms with Crippen molar-refractivity contribution in [2.75, 3.05) is 11.1 Å². The van der Waals surface area contributed by atoms with Gasteiger partial charge in [-0.3, -0.25) is 0 Å². The Hall–Kier alpha value is -1.81. The van der Waals surface area contributed by atoms with Crippen LogP contribution in [0.5, 0.6) is 0 Å². The summed E-state index contributed by atoms with van der Waals surface area (Å²) in [6.07, 6.45) is 1.54. The number of nitrogens with zero attached hydrogens (tertiary/aromatic N) is 2. The van der Waals surface area contributed by atoms with E-state index in [4.69, 9.17) is 5.73 Å². The van der Waals surface area contributed by atoms with Crippen molar-refractivity contribution in [3.8, 4) is 0 Å². The lowest BCUT2D eigenvalue weighted by atomic mass is 10.3. The molecule has 3 N–H and O–H groups in total. The lowest BCUT2D eigenvalue weighted by molar-refractivity contribution is 1.10. The van der Waals surface area contributed by atoms with E-state index in [1.165, 1.54) is 6.33 Å². The Morgan fingerprint density at radius 3 is 2.44 bits per heavy atom. The van der Waals surface area contributed by atoms with Crippen molar-refractivity contribution in [3.05, 3.63) is 42.4 Å². The summed E-state index contributed by atoms with van der Waals surface area (Å²) in [6, 6.07) is 9.39. The van der Waals surface area contributed by atoms with Gasteiger partial charge >= 0.3 is 0 Å². The van der Waals surface area contributed by atoms with Gasteiger partial charge in [-0.2, -0.15) is 0 Å². The van der Waals surface area contributed by atoms with E-state index in [1.54, 1.807) is 0 Å². The predicted molar refractivity (Wildman–Crippen MR) is 68.2 cm³/mol. The molecule has 0 bridgehead atoms. The van der Waals surface area contributed by atoms with E-state index in [-0.39, 0.29) is 12.4 Å². The molecule has 5 heteroatoms. The summed E-state index contributed by atoms with van der Waals surface area (Å²) < 4.78 is 0. The molecular weight excluding hydrogens is 224 g/mol. The van der Waals surface area contributed by atoms with Crippen LogP contribution in [0.4, 0.5) is 17.2 Å². The standard InChI is InChI=1S/C11H12N4.ClH/c1-8-6-11(14-7-13-8)15-10-4-2-9(12)3-5-10;/h2-7H,12H2,1H3,(H,13,14,15);1H. The zero-order valence-corrected chi connectivity index (χ0v) is 9.66. The van der Waals surface area contributed by atoms with Crippen LogP contribution in [0.15, 0.2) is 36.7 Å². The molecule has 1 heterocycles. The second kappa shape index (κ2) is 5.32. The van der Waals surface area contributed by atoms with Gasteiger partial charge in [-0.1, -0.05) is 0 Å². The minimum Gasteiger partial charge on any atom is -0.399 e. The van der Waals surface area contributed by atoms with Crippen molar-refractivity contribution in [2.45, 2.75) is 6.92 Å². The first-order valence-corrected chi connectivity index (χ1v) is 4.65. The van der Waals surface area contributed by atoms with Crippen molar-refractivity contribution < 1.29 is 0 Å². The van der Waals surface area contributed by atoms with E-state index in [2.05, 4.69) is 15.3 Å². The van der Waals surface area contributed by atoms with E-state index in [0.717, 1.165) is 22.9 Å². The molecule has 0 aliphatic rings. The van der Waals surface area contributed by atoms with Crippen molar-refractivity contribution in [1.29, 1.82) is 0 Å². The molecule has 0 radical (unpaired) electrons. The van der Waals surface area contributed by atoms with Crippen LogP contribution in [-0.2, 0) is 0 Å². The smallest absolute Gasteiger partial charge is 0.133 e. The van der Waals surface area contributed by atoms with Crippen LogP contribution in [0.2, 0.25) is 0 Å². The monoisotopic (exact) mass is 236 g/mol. The number of nitrogens with two attached hydrogens (primary N) is 1. The number of rotatable bonds is 2. The quantitative estimate of drug-likeness (QED) is 0.787.